The van der Waals surface area contributed by atoms with Crippen LogP contribution in [0, 0.1) is 5.92 Å². The van der Waals surface area contributed by atoms with Gasteiger partial charge in [0.15, 0.2) is 0 Å². The summed E-state index contributed by atoms with van der Waals surface area (Å²) in [7, 11) is 0. The van der Waals surface area contributed by atoms with Gasteiger partial charge in [-0.15, -0.1) is 0 Å². The van der Waals surface area contributed by atoms with E-state index < -0.39 is 0 Å². The standard InChI is InChI=1S/C18H26ClN5O2/c19-15-3-4-16(21-12-15)22-18(26)14-2-1-8-23(13-14)9-5-17(25)24-10-6-20-7-11-24/h3-4,12,14,20H,1-2,5-11,13H2,(H,21,22,26). The Morgan fingerprint density at radius 3 is 2.81 bits per heavy atom. The summed E-state index contributed by atoms with van der Waals surface area (Å²) in [6, 6.07) is 3.41. The predicted molar refractivity (Wildman–Crippen MR) is 101 cm³/mol. The molecule has 0 aromatic carbocycles. The lowest BCUT2D eigenvalue weighted by molar-refractivity contribution is -0.132. The van der Waals surface area contributed by atoms with E-state index in [4.69, 9.17) is 11.6 Å². The molecule has 1 aromatic rings. The fraction of sp³-hybridized carbons (Fsp3) is 0.611. The van der Waals surface area contributed by atoms with Crippen molar-refractivity contribution in [1.29, 1.82) is 0 Å². The third-order valence-electron chi connectivity index (χ3n) is 4.97. The topological polar surface area (TPSA) is 77.6 Å². The van der Waals surface area contributed by atoms with E-state index in [1.54, 1.807) is 12.1 Å². The monoisotopic (exact) mass is 379 g/mol. The highest BCUT2D eigenvalue weighted by molar-refractivity contribution is 6.30. The molecule has 3 heterocycles. The summed E-state index contributed by atoms with van der Waals surface area (Å²) >= 11 is 5.82. The molecular formula is C18H26ClN5O2. The molecule has 7 nitrogen and oxygen atoms in total. The SMILES string of the molecule is O=C(Nc1ccc(Cl)cn1)C1CCCN(CCC(=O)N2CCNCC2)C1. The molecule has 142 valence electrons. The van der Waals surface area contributed by atoms with Crippen LogP contribution in [0.5, 0.6) is 0 Å². The van der Waals surface area contributed by atoms with Crippen molar-refractivity contribution in [3.63, 3.8) is 0 Å². The molecule has 2 saturated heterocycles. The molecule has 26 heavy (non-hydrogen) atoms. The van der Waals surface area contributed by atoms with Gasteiger partial charge in [-0.3, -0.25) is 9.59 Å². The van der Waals surface area contributed by atoms with Crippen LogP contribution in [0.1, 0.15) is 19.3 Å². The Bertz CT molecular complexity index is 619. The van der Waals surface area contributed by atoms with Crippen molar-refractivity contribution in [3.8, 4) is 0 Å². The predicted octanol–water partition coefficient (Wildman–Crippen LogP) is 1.21. The zero-order valence-electron chi connectivity index (χ0n) is 14.9. The van der Waals surface area contributed by atoms with Gasteiger partial charge in [-0.2, -0.15) is 0 Å². The van der Waals surface area contributed by atoms with E-state index in [9.17, 15) is 9.59 Å². The van der Waals surface area contributed by atoms with Gasteiger partial charge in [0.25, 0.3) is 0 Å². The summed E-state index contributed by atoms with van der Waals surface area (Å²) < 4.78 is 0. The summed E-state index contributed by atoms with van der Waals surface area (Å²) in [6.07, 6.45) is 3.87. The average molecular weight is 380 g/mol. The first-order valence-corrected chi connectivity index (χ1v) is 9.63. The number of carbonyl (C=O) groups is 2. The first-order valence-electron chi connectivity index (χ1n) is 9.25. The molecule has 2 fully saturated rings. The van der Waals surface area contributed by atoms with Gasteiger partial charge in [-0.1, -0.05) is 11.6 Å². The number of halogens is 1. The normalized spacial score (nSPS) is 21.4. The molecule has 2 amide bonds. The second-order valence-electron chi connectivity index (χ2n) is 6.87. The zero-order valence-corrected chi connectivity index (χ0v) is 15.7. The van der Waals surface area contributed by atoms with E-state index >= 15 is 0 Å². The summed E-state index contributed by atoms with van der Waals surface area (Å²) in [5, 5.41) is 6.66. The van der Waals surface area contributed by atoms with E-state index in [0.717, 1.165) is 45.6 Å². The van der Waals surface area contributed by atoms with Crippen molar-refractivity contribution < 1.29 is 9.59 Å². The summed E-state index contributed by atoms with van der Waals surface area (Å²) in [5.74, 6) is 0.641. The molecule has 1 unspecified atom stereocenters. The molecule has 2 N–H and O–H groups in total. The molecule has 0 saturated carbocycles. The Morgan fingerprint density at radius 1 is 1.27 bits per heavy atom. The molecule has 1 aromatic heterocycles. The largest absolute Gasteiger partial charge is 0.340 e. The van der Waals surface area contributed by atoms with Crippen molar-refractivity contribution in [3.05, 3.63) is 23.4 Å². The number of pyridine rings is 1. The number of carbonyl (C=O) groups excluding carboxylic acids is 2. The molecule has 0 spiro atoms. The van der Waals surface area contributed by atoms with Gasteiger partial charge in [0.1, 0.15) is 5.82 Å². The first kappa shape index (κ1) is 19.1. The number of hydrogen-bond acceptors (Lipinski definition) is 5. The highest BCUT2D eigenvalue weighted by atomic mass is 35.5. The lowest BCUT2D eigenvalue weighted by atomic mass is 9.97. The summed E-state index contributed by atoms with van der Waals surface area (Å²) in [6.45, 7) is 5.67. The molecule has 8 heteroatoms. The average Bonchev–Trinajstić information content (AvgIpc) is 2.69. The first-order chi connectivity index (χ1) is 12.6. The number of amides is 2. The van der Waals surface area contributed by atoms with E-state index in [0.29, 0.717) is 30.4 Å². The van der Waals surface area contributed by atoms with Crippen LogP contribution in [0.25, 0.3) is 0 Å². The molecule has 3 rings (SSSR count). The fourth-order valence-electron chi connectivity index (χ4n) is 3.48. The molecule has 1 atom stereocenters. The third kappa shape index (κ3) is 5.40. The van der Waals surface area contributed by atoms with Crippen molar-refractivity contribution in [2.75, 3.05) is 51.1 Å². The van der Waals surface area contributed by atoms with Crippen molar-refractivity contribution in [1.82, 2.24) is 20.1 Å². The second kappa shape index (κ2) is 9.30. The van der Waals surface area contributed by atoms with E-state index in [2.05, 4.69) is 20.5 Å². The number of hydrogen-bond donors (Lipinski definition) is 2. The lowest BCUT2D eigenvalue weighted by Gasteiger charge is -2.33. The third-order valence-corrected chi connectivity index (χ3v) is 5.19. The maximum Gasteiger partial charge on any atom is 0.229 e. The highest BCUT2D eigenvalue weighted by Crippen LogP contribution is 2.19. The van der Waals surface area contributed by atoms with E-state index in [-0.39, 0.29) is 17.7 Å². The number of aromatic nitrogens is 1. The van der Waals surface area contributed by atoms with E-state index in [1.807, 2.05) is 4.90 Å². The van der Waals surface area contributed by atoms with Crippen molar-refractivity contribution in [2.45, 2.75) is 19.3 Å². The van der Waals surface area contributed by atoms with Gasteiger partial charge >= 0.3 is 0 Å². The zero-order chi connectivity index (χ0) is 18.4. The minimum Gasteiger partial charge on any atom is -0.340 e. The highest BCUT2D eigenvalue weighted by Gasteiger charge is 2.27. The number of nitrogens with one attached hydrogen (secondary N) is 2. The molecule has 2 aliphatic rings. The fourth-order valence-corrected chi connectivity index (χ4v) is 3.59. The quantitative estimate of drug-likeness (QED) is 0.804. The lowest BCUT2D eigenvalue weighted by Crippen LogP contribution is -2.47. The number of piperidine rings is 1. The number of likely N-dealkylation sites (tertiary alicyclic amines) is 1. The second-order valence-corrected chi connectivity index (χ2v) is 7.31. The molecule has 2 aliphatic heterocycles. The minimum absolute atomic E-state index is 0.0158. The van der Waals surface area contributed by atoms with Crippen LogP contribution < -0.4 is 10.6 Å². The van der Waals surface area contributed by atoms with Crippen molar-refractivity contribution >= 4 is 29.2 Å². The van der Waals surface area contributed by atoms with Gasteiger partial charge < -0.3 is 20.4 Å². The van der Waals surface area contributed by atoms with Gasteiger partial charge in [-0.25, -0.2) is 4.98 Å². The summed E-state index contributed by atoms with van der Waals surface area (Å²) in [4.78, 5) is 33.1. The number of nitrogens with zero attached hydrogens (tertiary/aromatic N) is 3. The molecule has 0 radical (unpaired) electrons. The Morgan fingerprint density at radius 2 is 2.08 bits per heavy atom. The van der Waals surface area contributed by atoms with Crippen LogP contribution in [-0.2, 0) is 9.59 Å². The molecular weight excluding hydrogens is 354 g/mol. The number of piperazine rings is 1. The maximum atomic E-state index is 12.5. The van der Waals surface area contributed by atoms with E-state index in [1.165, 1.54) is 6.20 Å². The van der Waals surface area contributed by atoms with Crippen molar-refractivity contribution in [2.24, 2.45) is 5.92 Å². The van der Waals surface area contributed by atoms with Gasteiger partial charge in [0.05, 0.1) is 10.9 Å². The minimum atomic E-state index is -0.0736. The van der Waals surface area contributed by atoms with Crippen LogP contribution in [0.2, 0.25) is 5.02 Å². The van der Waals surface area contributed by atoms with Gasteiger partial charge in [0.2, 0.25) is 11.8 Å². The van der Waals surface area contributed by atoms with Crippen LogP contribution in [0.15, 0.2) is 18.3 Å². The Hall–Kier alpha value is -1.70. The maximum absolute atomic E-state index is 12.5. The Balaban J connectivity index is 1.45. The van der Waals surface area contributed by atoms with Gasteiger partial charge in [0, 0.05) is 51.9 Å². The van der Waals surface area contributed by atoms with Crippen LogP contribution in [-0.4, -0.2) is 72.4 Å². The van der Waals surface area contributed by atoms with Crippen LogP contribution in [0.4, 0.5) is 5.82 Å². The Labute approximate surface area is 159 Å². The van der Waals surface area contributed by atoms with Crippen LogP contribution in [0.3, 0.4) is 0 Å². The summed E-state index contributed by atoms with van der Waals surface area (Å²) in [5.41, 5.74) is 0. The molecule has 0 aliphatic carbocycles. The number of rotatable bonds is 5. The van der Waals surface area contributed by atoms with Gasteiger partial charge in [-0.05, 0) is 31.5 Å². The number of anilines is 1. The Kier molecular flexibility index (Phi) is 6.82. The smallest absolute Gasteiger partial charge is 0.229 e. The molecule has 0 bridgehead atoms. The van der Waals surface area contributed by atoms with Crippen LogP contribution >= 0.6 is 11.6 Å².